The van der Waals surface area contributed by atoms with Crippen LogP contribution < -0.4 is 5.43 Å². The number of nitrogens with one attached hydrogen (secondary N) is 1. The Hall–Kier alpha value is -2.70. The highest BCUT2D eigenvalue weighted by Crippen LogP contribution is 2.20. The highest BCUT2D eigenvalue weighted by atomic mass is 35.5. The van der Waals surface area contributed by atoms with E-state index in [1.807, 2.05) is 31.2 Å². The second-order valence-electron chi connectivity index (χ2n) is 5.51. The summed E-state index contributed by atoms with van der Waals surface area (Å²) in [6, 6.07) is 10.8. The Morgan fingerprint density at radius 2 is 2.04 bits per heavy atom. The summed E-state index contributed by atoms with van der Waals surface area (Å²) in [5.41, 5.74) is 5.25. The maximum atomic E-state index is 11.9. The smallest absolute Gasteiger partial charge is 0.267 e. The third-order valence-electron chi connectivity index (χ3n) is 3.64. The molecule has 1 amide bonds. The highest BCUT2D eigenvalue weighted by molar-refractivity contribution is 6.32. The molecule has 1 N–H and O–H groups in total. The number of rotatable bonds is 5. The minimum Gasteiger partial charge on any atom is -0.267 e. The molecule has 6 nitrogen and oxygen atoms in total. The standard InChI is InChI=1S/C18H15Cl2N5O/c1-12-16(10-22-23-18(26)14-3-2-8-21-9-14)17(20)25(24-12)11-13-4-6-15(19)7-5-13/h2-10H,11H2,1H3,(H,23,26)/b22-10-. The summed E-state index contributed by atoms with van der Waals surface area (Å²) in [4.78, 5) is 15.8. The molecule has 3 rings (SSSR count). The van der Waals surface area contributed by atoms with Gasteiger partial charge in [0.2, 0.25) is 0 Å². The molecule has 0 spiro atoms. The van der Waals surface area contributed by atoms with E-state index < -0.39 is 0 Å². The van der Waals surface area contributed by atoms with E-state index in [2.05, 4.69) is 20.6 Å². The maximum Gasteiger partial charge on any atom is 0.272 e. The van der Waals surface area contributed by atoms with E-state index in [-0.39, 0.29) is 5.91 Å². The number of aromatic nitrogens is 3. The number of halogens is 2. The summed E-state index contributed by atoms with van der Waals surface area (Å²) in [5.74, 6) is -0.350. The summed E-state index contributed by atoms with van der Waals surface area (Å²) < 4.78 is 1.67. The van der Waals surface area contributed by atoms with Gasteiger partial charge in [-0.05, 0) is 36.8 Å². The number of pyridine rings is 1. The topological polar surface area (TPSA) is 72.2 Å². The van der Waals surface area contributed by atoms with Gasteiger partial charge in [0.15, 0.2) is 0 Å². The molecule has 0 radical (unpaired) electrons. The lowest BCUT2D eigenvalue weighted by molar-refractivity contribution is 0.0955. The van der Waals surface area contributed by atoms with Crippen LogP contribution in [0.4, 0.5) is 0 Å². The van der Waals surface area contributed by atoms with E-state index in [9.17, 15) is 4.79 Å². The first-order chi connectivity index (χ1) is 12.5. The van der Waals surface area contributed by atoms with Crippen LogP contribution in [0.5, 0.6) is 0 Å². The molecule has 0 unspecified atom stereocenters. The van der Waals surface area contributed by atoms with E-state index >= 15 is 0 Å². The monoisotopic (exact) mass is 387 g/mol. The van der Waals surface area contributed by atoms with Crippen LogP contribution in [0.15, 0.2) is 53.9 Å². The SMILES string of the molecule is Cc1nn(Cc2ccc(Cl)cc2)c(Cl)c1/C=N\NC(=O)c1cccnc1. The van der Waals surface area contributed by atoms with Crippen LogP contribution in [0.3, 0.4) is 0 Å². The average molecular weight is 388 g/mol. The third kappa shape index (κ3) is 4.28. The third-order valence-corrected chi connectivity index (χ3v) is 4.29. The van der Waals surface area contributed by atoms with Gasteiger partial charge in [-0.1, -0.05) is 35.3 Å². The molecule has 2 aromatic heterocycles. The largest absolute Gasteiger partial charge is 0.272 e. The Balaban J connectivity index is 1.71. The van der Waals surface area contributed by atoms with Gasteiger partial charge in [-0.25, -0.2) is 10.1 Å². The van der Waals surface area contributed by atoms with E-state index in [1.165, 1.54) is 12.4 Å². The molecule has 0 atom stereocenters. The highest BCUT2D eigenvalue weighted by Gasteiger charge is 2.12. The molecule has 3 aromatic rings. The van der Waals surface area contributed by atoms with Crippen LogP contribution in [0.1, 0.15) is 27.2 Å². The summed E-state index contributed by atoms with van der Waals surface area (Å²) in [5, 5.41) is 9.50. The predicted octanol–water partition coefficient (Wildman–Crippen LogP) is 3.71. The molecule has 0 saturated carbocycles. The second-order valence-corrected chi connectivity index (χ2v) is 6.31. The lowest BCUT2D eigenvalue weighted by atomic mass is 10.2. The first kappa shape index (κ1) is 18.1. The summed E-state index contributed by atoms with van der Waals surface area (Å²) in [7, 11) is 0. The van der Waals surface area contributed by atoms with Gasteiger partial charge in [0.1, 0.15) is 5.15 Å². The molecule has 0 fully saturated rings. The molecule has 0 aliphatic heterocycles. The van der Waals surface area contributed by atoms with Crippen molar-refractivity contribution in [3.63, 3.8) is 0 Å². The van der Waals surface area contributed by atoms with Crippen molar-refractivity contribution in [2.24, 2.45) is 5.10 Å². The van der Waals surface area contributed by atoms with Crippen molar-refractivity contribution in [2.45, 2.75) is 13.5 Å². The molecule has 0 aliphatic rings. The average Bonchev–Trinajstić information content (AvgIpc) is 2.91. The van der Waals surface area contributed by atoms with E-state index in [0.29, 0.717) is 33.5 Å². The summed E-state index contributed by atoms with van der Waals surface area (Å²) in [6.07, 6.45) is 4.54. The number of hydrogen-bond acceptors (Lipinski definition) is 4. The molecule has 8 heteroatoms. The van der Waals surface area contributed by atoms with E-state index in [0.717, 1.165) is 5.56 Å². The lowest BCUT2D eigenvalue weighted by Gasteiger charge is -2.03. The van der Waals surface area contributed by atoms with Crippen LogP contribution in [0.25, 0.3) is 0 Å². The lowest BCUT2D eigenvalue weighted by Crippen LogP contribution is -2.17. The van der Waals surface area contributed by atoms with Crippen LogP contribution in [-0.2, 0) is 6.54 Å². The number of aryl methyl sites for hydroxylation is 1. The van der Waals surface area contributed by atoms with Crippen LogP contribution >= 0.6 is 23.2 Å². The molecule has 0 bridgehead atoms. The van der Waals surface area contributed by atoms with Crippen LogP contribution in [-0.4, -0.2) is 26.9 Å². The van der Waals surface area contributed by atoms with Gasteiger partial charge in [0, 0.05) is 17.4 Å². The molecular formula is C18H15Cl2N5O. The molecular weight excluding hydrogens is 373 g/mol. The van der Waals surface area contributed by atoms with Gasteiger partial charge < -0.3 is 0 Å². The number of carbonyl (C=O) groups is 1. The van der Waals surface area contributed by atoms with Gasteiger partial charge >= 0.3 is 0 Å². The molecule has 132 valence electrons. The van der Waals surface area contributed by atoms with Crippen molar-refractivity contribution in [1.29, 1.82) is 0 Å². The fourth-order valence-corrected chi connectivity index (χ4v) is 2.71. The molecule has 0 saturated heterocycles. The fourth-order valence-electron chi connectivity index (χ4n) is 2.30. The van der Waals surface area contributed by atoms with E-state index in [1.54, 1.807) is 23.0 Å². The minimum atomic E-state index is -0.350. The van der Waals surface area contributed by atoms with Crippen molar-refractivity contribution in [3.05, 3.63) is 81.4 Å². The number of benzene rings is 1. The quantitative estimate of drug-likeness (QED) is 0.535. The first-order valence-electron chi connectivity index (χ1n) is 7.75. The van der Waals surface area contributed by atoms with Crippen molar-refractivity contribution in [3.8, 4) is 0 Å². The zero-order valence-corrected chi connectivity index (χ0v) is 15.4. The Morgan fingerprint density at radius 1 is 1.27 bits per heavy atom. The van der Waals surface area contributed by atoms with Crippen molar-refractivity contribution < 1.29 is 4.79 Å². The molecule has 2 heterocycles. The van der Waals surface area contributed by atoms with Crippen LogP contribution in [0.2, 0.25) is 10.2 Å². The molecule has 26 heavy (non-hydrogen) atoms. The number of nitrogens with zero attached hydrogens (tertiary/aromatic N) is 4. The number of hydrazone groups is 1. The Labute approximate surface area is 160 Å². The maximum absolute atomic E-state index is 11.9. The summed E-state index contributed by atoms with van der Waals surface area (Å²) in [6.45, 7) is 2.33. The van der Waals surface area contributed by atoms with Gasteiger partial charge in [-0.3, -0.25) is 9.78 Å². The van der Waals surface area contributed by atoms with Crippen molar-refractivity contribution in [2.75, 3.05) is 0 Å². The van der Waals surface area contributed by atoms with E-state index in [4.69, 9.17) is 23.2 Å². The van der Waals surface area contributed by atoms with Crippen LogP contribution in [0, 0.1) is 6.92 Å². The normalized spacial score (nSPS) is 11.0. The van der Waals surface area contributed by atoms with Gasteiger partial charge in [0.05, 0.1) is 29.6 Å². The van der Waals surface area contributed by atoms with Crippen molar-refractivity contribution in [1.82, 2.24) is 20.2 Å². The first-order valence-corrected chi connectivity index (χ1v) is 8.51. The van der Waals surface area contributed by atoms with Gasteiger partial charge in [0.25, 0.3) is 5.91 Å². The number of amides is 1. The number of hydrogen-bond donors (Lipinski definition) is 1. The molecule has 0 aliphatic carbocycles. The predicted molar refractivity (Wildman–Crippen MR) is 102 cm³/mol. The Morgan fingerprint density at radius 3 is 2.73 bits per heavy atom. The second kappa shape index (κ2) is 8.12. The molecule has 1 aromatic carbocycles. The van der Waals surface area contributed by atoms with Crippen molar-refractivity contribution >= 4 is 35.3 Å². The van der Waals surface area contributed by atoms with Gasteiger partial charge in [-0.2, -0.15) is 10.2 Å². The Bertz CT molecular complexity index is 936. The zero-order chi connectivity index (χ0) is 18.5. The van der Waals surface area contributed by atoms with Gasteiger partial charge in [-0.15, -0.1) is 0 Å². The summed E-state index contributed by atoms with van der Waals surface area (Å²) >= 11 is 12.3. The Kier molecular flexibility index (Phi) is 5.65. The fraction of sp³-hybridized carbons (Fsp3) is 0.111. The number of carbonyl (C=O) groups excluding carboxylic acids is 1. The minimum absolute atomic E-state index is 0.350. The zero-order valence-electron chi connectivity index (χ0n) is 13.9.